The highest BCUT2D eigenvalue weighted by molar-refractivity contribution is 5.76. The lowest BCUT2D eigenvalue weighted by Gasteiger charge is -2.36. The molecular weight excluding hydrogens is 361 g/mol. The van der Waals surface area contributed by atoms with Crippen molar-refractivity contribution in [3.63, 3.8) is 0 Å². The number of piperazine rings is 1. The van der Waals surface area contributed by atoms with Crippen molar-refractivity contribution >= 4 is 11.6 Å². The quantitative estimate of drug-likeness (QED) is 0.816. The summed E-state index contributed by atoms with van der Waals surface area (Å²) in [6, 6.07) is 8.61. The molecule has 9 heteroatoms. The third kappa shape index (κ3) is 4.17. The summed E-state index contributed by atoms with van der Waals surface area (Å²) in [6.07, 6.45) is -4.51. The van der Waals surface area contributed by atoms with E-state index >= 15 is 0 Å². The molecule has 0 atom stereocenters. The third-order valence-corrected chi connectivity index (χ3v) is 4.61. The van der Waals surface area contributed by atoms with Crippen molar-refractivity contribution < 1.29 is 22.7 Å². The van der Waals surface area contributed by atoms with Crippen LogP contribution in [0.15, 0.2) is 30.3 Å². The fourth-order valence-electron chi connectivity index (χ4n) is 3.12. The zero-order valence-electron chi connectivity index (χ0n) is 15.2. The van der Waals surface area contributed by atoms with Gasteiger partial charge in [0.1, 0.15) is 12.3 Å². The Morgan fingerprint density at radius 2 is 1.85 bits per heavy atom. The van der Waals surface area contributed by atoms with Gasteiger partial charge >= 0.3 is 6.18 Å². The van der Waals surface area contributed by atoms with Crippen molar-refractivity contribution in [1.82, 2.24) is 14.7 Å². The van der Waals surface area contributed by atoms with Crippen LogP contribution >= 0.6 is 0 Å². The number of hydrogen-bond donors (Lipinski definition) is 0. The Balaban J connectivity index is 1.61. The molecule has 3 rings (SSSR count). The highest BCUT2D eigenvalue weighted by Gasteiger charge is 2.34. The van der Waals surface area contributed by atoms with Crippen molar-refractivity contribution in [1.29, 1.82) is 0 Å². The first-order valence-electron chi connectivity index (χ1n) is 8.57. The van der Waals surface area contributed by atoms with Crippen LogP contribution in [0.5, 0.6) is 5.75 Å². The summed E-state index contributed by atoms with van der Waals surface area (Å²) >= 11 is 0. The minimum absolute atomic E-state index is 0.198. The number of benzene rings is 1. The number of carbonyl (C=O) groups is 1. The molecule has 1 saturated heterocycles. The van der Waals surface area contributed by atoms with E-state index in [-0.39, 0.29) is 12.5 Å². The maximum atomic E-state index is 12.8. The topological polar surface area (TPSA) is 50.6 Å². The van der Waals surface area contributed by atoms with E-state index in [1.54, 1.807) is 12.0 Å². The number of carbonyl (C=O) groups excluding carboxylic acids is 1. The summed E-state index contributed by atoms with van der Waals surface area (Å²) in [7, 11) is 1.61. The van der Waals surface area contributed by atoms with Crippen LogP contribution in [0.1, 0.15) is 11.4 Å². The Hall–Kier alpha value is -2.71. The van der Waals surface area contributed by atoms with Crippen LogP contribution in [-0.4, -0.2) is 53.9 Å². The first-order valence-corrected chi connectivity index (χ1v) is 8.57. The average molecular weight is 382 g/mol. The number of ether oxygens (including phenoxy) is 1. The number of amides is 1. The predicted octanol–water partition coefficient (Wildman–Crippen LogP) is 2.57. The van der Waals surface area contributed by atoms with Gasteiger partial charge in [-0.25, -0.2) is 0 Å². The number of aromatic nitrogens is 2. The molecule has 0 aliphatic carbocycles. The van der Waals surface area contributed by atoms with Gasteiger partial charge in [-0.2, -0.15) is 18.3 Å². The Morgan fingerprint density at radius 3 is 2.44 bits per heavy atom. The first kappa shape index (κ1) is 19.1. The molecule has 0 spiro atoms. The molecule has 2 heterocycles. The standard InChI is InChI=1S/C18H21F3N4O2/c1-13-11-16(18(19,20)21)22-25(13)12-17(26)24-9-7-23(8-10-24)14-5-3-4-6-15(14)27-2/h3-6,11H,7-10,12H2,1-2H3. The van der Waals surface area contributed by atoms with Crippen LogP contribution in [0.25, 0.3) is 0 Å². The second-order valence-electron chi connectivity index (χ2n) is 6.37. The van der Waals surface area contributed by atoms with Crippen molar-refractivity contribution in [3.8, 4) is 5.75 Å². The van der Waals surface area contributed by atoms with Gasteiger partial charge in [-0.3, -0.25) is 9.48 Å². The lowest BCUT2D eigenvalue weighted by Crippen LogP contribution is -2.49. The molecule has 0 radical (unpaired) electrons. The second-order valence-corrected chi connectivity index (χ2v) is 6.37. The van der Waals surface area contributed by atoms with E-state index in [0.717, 1.165) is 22.2 Å². The smallest absolute Gasteiger partial charge is 0.435 e. The fraction of sp³-hybridized carbons (Fsp3) is 0.444. The van der Waals surface area contributed by atoms with Gasteiger partial charge in [0, 0.05) is 31.9 Å². The summed E-state index contributed by atoms with van der Waals surface area (Å²) in [5.74, 6) is 0.527. The summed E-state index contributed by atoms with van der Waals surface area (Å²) < 4.78 is 44.7. The van der Waals surface area contributed by atoms with Gasteiger partial charge in [-0.05, 0) is 25.1 Å². The number of aryl methyl sites for hydroxylation is 1. The van der Waals surface area contributed by atoms with Crippen LogP contribution in [0, 0.1) is 6.92 Å². The van der Waals surface area contributed by atoms with E-state index in [0.29, 0.717) is 31.9 Å². The number of rotatable bonds is 4. The molecule has 1 aliphatic rings. The predicted molar refractivity (Wildman–Crippen MR) is 93.8 cm³/mol. The molecule has 6 nitrogen and oxygen atoms in total. The molecule has 27 heavy (non-hydrogen) atoms. The monoisotopic (exact) mass is 382 g/mol. The maximum absolute atomic E-state index is 12.8. The van der Waals surface area contributed by atoms with Crippen molar-refractivity contribution in [2.75, 3.05) is 38.2 Å². The van der Waals surface area contributed by atoms with Crippen LogP contribution in [-0.2, 0) is 17.5 Å². The van der Waals surface area contributed by atoms with Gasteiger partial charge in [0.05, 0.1) is 12.8 Å². The molecule has 0 N–H and O–H groups in total. The lowest BCUT2D eigenvalue weighted by molar-refractivity contribution is -0.142. The van der Waals surface area contributed by atoms with Gasteiger partial charge in [0.2, 0.25) is 5.91 Å². The Labute approximate surface area is 155 Å². The Kier molecular flexibility index (Phi) is 5.29. The fourth-order valence-corrected chi connectivity index (χ4v) is 3.12. The summed E-state index contributed by atoms with van der Waals surface area (Å²) in [5, 5.41) is 3.52. The zero-order valence-corrected chi connectivity index (χ0v) is 15.2. The Morgan fingerprint density at radius 1 is 1.19 bits per heavy atom. The molecule has 1 aromatic carbocycles. The number of alkyl halides is 3. The molecule has 0 saturated carbocycles. The molecule has 0 bridgehead atoms. The van der Waals surface area contributed by atoms with E-state index < -0.39 is 11.9 Å². The highest BCUT2D eigenvalue weighted by atomic mass is 19.4. The van der Waals surface area contributed by atoms with Crippen LogP contribution in [0.4, 0.5) is 18.9 Å². The lowest BCUT2D eigenvalue weighted by atomic mass is 10.2. The molecule has 1 aromatic heterocycles. The van der Waals surface area contributed by atoms with Crippen LogP contribution in [0.2, 0.25) is 0 Å². The first-order chi connectivity index (χ1) is 12.8. The van der Waals surface area contributed by atoms with Gasteiger partial charge in [-0.1, -0.05) is 12.1 Å². The summed E-state index contributed by atoms with van der Waals surface area (Å²) in [4.78, 5) is 16.3. The molecule has 0 unspecified atom stereocenters. The molecule has 1 amide bonds. The molecule has 1 fully saturated rings. The van der Waals surface area contributed by atoms with Gasteiger partial charge < -0.3 is 14.5 Å². The summed E-state index contributed by atoms with van der Waals surface area (Å²) in [6.45, 7) is 3.54. The average Bonchev–Trinajstić information content (AvgIpc) is 3.02. The van der Waals surface area contributed by atoms with E-state index in [9.17, 15) is 18.0 Å². The van der Waals surface area contributed by atoms with Crippen molar-refractivity contribution in [2.24, 2.45) is 0 Å². The van der Waals surface area contributed by atoms with E-state index in [4.69, 9.17) is 4.74 Å². The minimum atomic E-state index is -4.51. The van der Waals surface area contributed by atoms with E-state index in [1.165, 1.54) is 6.92 Å². The molecular formula is C18H21F3N4O2. The normalized spacial score (nSPS) is 15.1. The van der Waals surface area contributed by atoms with Crippen LogP contribution in [0.3, 0.4) is 0 Å². The Bertz CT molecular complexity index is 811. The van der Waals surface area contributed by atoms with Gasteiger partial charge in [0.25, 0.3) is 0 Å². The van der Waals surface area contributed by atoms with E-state index in [1.807, 2.05) is 24.3 Å². The van der Waals surface area contributed by atoms with E-state index in [2.05, 4.69) is 10.00 Å². The highest BCUT2D eigenvalue weighted by Crippen LogP contribution is 2.29. The number of hydrogen-bond acceptors (Lipinski definition) is 4. The van der Waals surface area contributed by atoms with Gasteiger partial charge in [0.15, 0.2) is 5.69 Å². The molecule has 1 aliphatic heterocycles. The SMILES string of the molecule is COc1ccccc1N1CCN(C(=O)Cn2nc(C(F)(F)F)cc2C)CC1. The van der Waals surface area contributed by atoms with Crippen LogP contribution < -0.4 is 9.64 Å². The minimum Gasteiger partial charge on any atom is -0.495 e. The van der Waals surface area contributed by atoms with Crippen molar-refractivity contribution in [2.45, 2.75) is 19.6 Å². The molecule has 146 valence electrons. The van der Waals surface area contributed by atoms with Crippen molar-refractivity contribution in [3.05, 3.63) is 41.7 Å². The maximum Gasteiger partial charge on any atom is 0.435 e. The molecule has 2 aromatic rings. The number of para-hydroxylation sites is 2. The third-order valence-electron chi connectivity index (χ3n) is 4.61. The number of methoxy groups -OCH3 is 1. The number of nitrogens with zero attached hydrogens (tertiary/aromatic N) is 4. The largest absolute Gasteiger partial charge is 0.495 e. The second kappa shape index (κ2) is 7.50. The summed E-state index contributed by atoms with van der Waals surface area (Å²) in [5.41, 5.74) is 0.293. The zero-order chi connectivity index (χ0) is 19.6. The number of anilines is 1. The van der Waals surface area contributed by atoms with Gasteiger partial charge in [-0.15, -0.1) is 0 Å². The number of halogens is 3.